The maximum Gasteiger partial charge on any atom is 0.472 e. The Bertz CT molecular complexity index is 1110. The van der Waals surface area contributed by atoms with Gasteiger partial charge in [0.2, 0.25) is 5.91 Å². The first-order valence-corrected chi connectivity index (χ1v) is 29.7. The minimum atomic E-state index is -4.34. The van der Waals surface area contributed by atoms with Crippen LogP contribution in [0.4, 0.5) is 0 Å². The topological polar surface area (TPSA) is 105 Å². The van der Waals surface area contributed by atoms with E-state index in [1.54, 1.807) is 6.08 Å². The van der Waals surface area contributed by atoms with Gasteiger partial charge in [0.05, 0.1) is 39.9 Å². The molecule has 0 aromatic heterocycles. The summed E-state index contributed by atoms with van der Waals surface area (Å²) in [6.07, 6.45) is 59.8. The first-order valence-electron chi connectivity index (χ1n) is 28.2. The fraction of sp³-hybridized carbons (Fsp3) is 0.911. The average molecular weight is 940 g/mol. The number of allylic oxidation sites excluding steroid dienone is 3. The van der Waals surface area contributed by atoms with Gasteiger partial charge >= 0.3 is 7.82 Å². The molecule has 0 aliphatic rings. The maximum absolute atomic E-state index is 13.0. The summed E-state index contributed by atoms with van der Waals surface area (Å²) in [7, 11) is 1.58. The summed E-state index contributed by atoms with van der Waals surface area (Å²) in [5.74, 6) is -0.176. The van der Waals surface area contributed by atoms with Crippen LogP contribution in [-0.2, 0) is 18.4 Å². The number of carbonyl (C=O) groups excluding carboxylic acids is 1. The van der Waals surface area contributed by atoms with E-state index in [1.165, 1.54) is 218 Å². The second kappa shape index (κ2) is 48.0. The van der Waals surface area contributed by atoms with Gasteiger partial charge in [0, 0.05) is 6.42 Å². The molecule has 65 heavy (non-hydrogen) atoms. The molecule has 1 amide bonds. The van der Waals surface area contributed by atoms with Crippen molar-refractivity contribution in [3.8, 4) is 0 Å². The Kier molecular flexibility index (Phi) is 47.3. The Morgan fingerprint density at radius 1 is 0.508 bits per heavy atom. The van der Waals surface area contributed by atoms with Crippen LogP contribution in [0, 0.1) is 0 Å². The SMILES string of the molecule is CCCCCCCC/C=C\CCCCCCCCCCCC(=O)NC(COP(=O)(O)OCC[N+](C)(C)C)C(O)/C=C/CCCCCCCCCCCCCCCCCCCCCCCC. The number of aliphatic hydroxyl groups is 1. The highest BCUT2D eigenvalue weighted by Crippen LogP contribution is 2.43. The number of hydrogen-bond acceptors (Lipinski definition) is 5. The molecule has 0 radical (unpaired) electrons. The van der Waals surface area contributed by atoms with E-state index in [9.17, 15) is 19.4 Å². The zero-order chi connectivity index (χ0) is 47.8. The lowest BCUT2D eigenvalue weighted by Crippen LogP contribution is -2.45. The van der Waals surface area contributed by atoms with Gasteiger partial charge < -0.3 is 19.8 Å². The standard InChI is InChI=1S/C56H111N2O6P/c1-6-8-10-12-14-16-18-20-22-24-26-27-28-29-30-32-33-35-37-39-41-43-45-47-49-55(59)54(53-64-65(61,62)63-52-51-58(3,4)5)57-56(60)50-48-46-44-42-40-38-36-34-31-25-23-21-19-17-15-13-11-9-7-2/h21,23,47,49,54-55,59H,6-20,22,24-46,48,50-53H2,1-5H3,(H-,57,60,61,62)/p+1/b23-21-,49-47+. The van der Waals surface area contributed by atoms with E-state index >= 15 is 0 Å². The third-order valence-electron chi connectivity index (χ3n) is 12.9. The zero-order valence-electron chi connectivity index (χ0n) is 44.0. The predicted octanol–water partition coefficient (Wildman–Crippen LogP) is 16.8. The molecule has 386 valence electrons. The van der Waals surface area contributed by atoms with Crippen molar-refractivity contribution >= 4 is 13.7 Å². The van der Waals surface area contributed by atoms with Crippen molar-refractivity contribution in [2.45, 2.75) is 289 Å². The molecule has 0 heterocycles. The van der Waals surface area contributed by atoms with Crippen LogP contribution >= 0.6 is 7.82 Å². The van der Waals surface area contributed by atoms with E-state index in [1.807, 2.05) is 27.2 Å². The molecule has 0 fully saturated rings. The molecule has 0 aliphatic heterocycles. The third kappa shape index (κ3) is 50.7. The predicted molar refractivity (Wildman–Crippen MR) is 281 cm³/mol. The Morgan fingerprint density at radius 2 is 0.831 bits per heavy atom. The van der Waals surface area contributed by atoms with Crippen molar-refractivity contribution < 1.29 is 32.9 Å². The molecule has 0 aromatic rings. The summed E-state index contributed by atoms with van der Waals surface area (Å²) < 4.78 is 23.7. The number of quaternary nitrogens is 1. The van der Waals surface area contributed by atoms with E-state index in [0.29, 0.717) is 17.4 Å². The Balaban J connectivity index is 4.22. The van der Waals surface area contributed by atoms with Crippen LogP contribution in [0.5, 0.6) is 0 Å². The Morgan fingerprint density at radius 3 is 1.18 bits per heavy atom. The van der Waals surface area contributed by atoms with Gasteiger partial charge in [-0.3, -0.25) is 13.8 Å². The molecular formula is C56H112N2O6P+. The lowest BCUT2D eigenvalue weighted by molar-refractivity contribution is -0.870. The Hall–Kier alpha value is -1.02. The number of nitrogens with zero attached hydrogens (tertiary/aromatic N) is 1. The number of aliphatic hydroxyl groups excluding tert-OH is 1. The first-order chi connectivity index (χ1) is 31.5. The quantitative estimate of drug-likeness (QED) is 0.0243. The molecule has 0 aliphatic carbocycles. The molecule has 3 atom stereocenters. The largest absolute Gasteiger partial charge is 0.472 e. The van der Waals surface area contributed by atoms with Crippen LogP contribution in [0.1, 0.15) is 277 Å². The van der Waals surface area contributed by atoms with Crippen LogP contribution < -0.4 is 5.32 Å². The van der Waals surface area contributed by atoms with Crippen LogP contribution in [0.3, 0.4) is 0 Å². The summed E-state index contributed by atoms with van der Waals surface area (Å²) >= 11 is 0. The summed E-state index contributed by atoms with van der Waals surface area (Å²) in [5.41, 5.74) is 0. The fourth-order valence-corrected chi connectivity index (χ4v) is 9.19. The molecule has 0 bridgehead atoms. The maximum atomic E-state index is 13.0. The third-order valence-corrected chi connectivity index (χ3v) is 13.9. The summed E-state index contributed by atoms with van der Waals surface area (Å²) in [6.45, 7) is 4.85. The van der Waals surface area contributed by atoms with Crippen molar-refractivity contribution in [2.24, 2.45) is 0 Å². The first kappa shape index (κ1) is 64.0. The van der Waals surface area contributed by atoms with Crippen molar-refractivity contribution in [2.75, 3.05) is 40.9 Å². The number of likely N-dealkylation sites (N-methyl/N-ethyl adjacent to an activating group) is 1. The lowest BCUT2D eigenvalue weighted by atomic mass is 10.0. The fourth-order valence-electron chi connectivity index (χ4n) is 8.45. The van der Waals surface area contributed by atoms with Crippen molar-refractivity contribution in [1.29, 1.82) is 0 Å². The highest BCUT2D eigenvalue weighted by molar-refractivity contribution is 7.47. The number of hydrogen-bond donors (Lipinski definition) is 3. The smallest absolute Gasteiger partial charge is 0.387 e. The van der Waals surface area contributed by atoms with Gasteiger partial charge in [-0.2, -0.15) is 0 Å². The second-order valence-corrected chi connectivity index (χ2v) is 22.1. The van der Waals surface area contributed by atoms with Crippen LogP contribution in [-0.4, -0.2) is 73.4 Å². The average Bonchev–Trinajstić information content (AvgIpc) is 3.26. The molecule has 9 heteroatoms. The van der Waals surface area contributed by atoms with Crippen molar-refractivity contribution in [3.05, 3.63) is 24.3 Å². The molecule has 0 saturated heterocycles. The number of phosphoric acid groups is 1. The van der Waals surface area contributed by atoms with E-state index < -0.39 is 20.0 Å². The zero-order valence-corrected chi connectivity index (χ0v) is 44.9. The van der Waals surface area contributed by atoms with Crippen LogP contribution in [0.15, 0.2) is 24.3 Å². The number of carbonyl (C=O) groups is 1. The number of unbranched alkanes of at least 4 members (excludes halogenated alkanes) is 37. The van der Waals surface area contributed by atoms with Crippen LogP contribution in [0.2, 0.25) is 0 Å². The van der Waals surface area contributed by atoms with Gasteiger partial charge in [0.25, 0.3) is 0 Å². The van der Waals surface area contributed by atoms with E-state index in [0.717, 1.165) is 38.5 Å². The lowest BCUT2D eigenvalue weighted by Gasteiger charge is -2.25. The highest BCUT2D eigenvalue weighted by atomic mass is 31.2. The van der Waals surface area contributed by atoms with Crippen LogP contribution in [0.25, 0.3) is 0 Å². The molecular weight excluding hydrogens is 828 g/mol. The second-order valence-electron chi connectivity index (χ2n) is 20.7. The normalized spacial score (nSPS) is 14.1. The van der Waals surface area contributed by atoms with E-state index in [2.05, 4.69) is 31.3 Å². The molecule has 0 aromatic carbocycles. The number of phosphoric ester groups is 1. The molecule has 3 N–H and O–H groups in total. The van der Waals surface area contributed by atoms with Crippen molar-refractivity contribution in [1.82, 2.24) is 5.32 Å². The van der Waals surface area contributed by atoms with Gasteiger partial charge in [0.15, 0.2) is 0 Å². The molecule has 3 unspecified atom stereocenters. The Labute approximate surface area is 404 Å². The molecule has 0 spiro atoms. The molecule has 8 nitrogen and oxygen atoms in total. The summed E-state index contributed by atoms with van der Waals surface area (Å²) in [5, 5.41) is 13.9. The van der Waals surface area contributed by atoms with Gasteiger partial charge in [-0.25, -0.2) is 4.57 Å². The van der Waals surface area contributed by atoms with Crippen molar-refractivity contribution in [3.63, 3.8) is 0 Å². The minimum absolute atomic E-state index is 0.0628. The van der Waals surface area contributed by atoms with E-state index in [4.69, 9.17) is 9.05 Å². The molecule has 0 rings (SSSR count). The van der Waals surface area contributed by atoms with Gasteiger partial charge in [0.1, 0.15) is 13.2 Å². The number of amides is 1. The summed E-state index contributed by atoms with van der Waals surface area (Å²) in [6, 6.07) is -0.846. The van der Waals surface area contributed by atoms with E-state index in [-0.39, 0.29) is 19.1 Å². The van der Waals surface area contributed by atoms with Gasteiger partial charge in [-0.05, 0) is 44.9 Å². The monoisotopic (exact) mass is 940 g/mol. The number of nitrogens with one attached hydrogen (secondary N) is 1. The summed E-state index contributed by atoms with van der Waals surface area (Å²) in [4.78, 5) is 23.3. The molecule has 0 saturated carbocycles. The van der Waals surface area contributed by atoms with Gasteiger partial charge in [-0.15, -0.1) is 0 Å². The minimum Gasteiger partial charge on any atom is -0.387 e. The number of rotatable bonds is 52. The highest BCUT2D eigenvalue weighted by Gasteiger charge is 2.27. The van der Waals surface area contributed by atoms with Gasteiger partial charge in [-0.1, -0.05) is 250 Å².